The summed E-state index contributed by atoms with van der Waals surface area (Å²) < 4.78 is 10.2. The quantitative estimate of drug-likeness (QED) is 0.851. The Kier molecular flexibility index (Phi) is 4.76. The van der Waals surface area contributed by atoms with Crippen LogP contribution in [-0.4, -0.2) is 28.6 Å². The van der Waals surface area contributed by atoms with E-state index < -0.39 is 0 Å². The molecule has 1 aromatic rings. The minimum absolute atomic E-state index is 0.190. The van der Waals surface area contributed by atoms with Gasteiger partial charge >= 0.3 is 0 Å². The maximum absolute atomic E-state index is 5.77. The summed E-state index contributed by atoms with van der Waals surface area (Å²) in [5, 5.41) is 3.88. The molecular formula is C10H19N3O2S. The molecule has 1 atom stereocenters. The third-order valence-corrected chi connectivity index (χ3v) is 3.05. The standard InChI is InChI=1S/C10H19N3O2S/c1-10(2,3)16-6-8-12-9(15-13-8)7(11)5-14-4/h7H,5-6,11H2,1-4H3. The molecule has 0 saturated heterocycles. The Balaban J connectivity index is 2.51. The van der Waals surface area contributed by atoms with Crippen molar-refractivity contribution in [2.24, 2.45) is 5.73 Å². The van der Waals surface area contributed by atoms with Gasteiger partial charge in [0.2, 0.25) is 5.89 Å². The number of hydrogen-bond donors (Lipinski definition) is 1. The number of aromatic nitrogens is 2. The molecule has 0 aliphatic carbocycles. The first kappa shape index (κ1) is 13.5. The highest BCUT2D eigenvalue weighted by Gasteiger charge is 2.17. The van der Waals surface area contributed by atoms with Crippen molar-refractivity contribution in [1.82, 2.24) is 10.1 Å². The molecule has 16 heavy (non-hydrogen) atoms. The zero-order valence-electron chi connectivity index (χ0n) is 10.2. The minimum atomic E-state index is -0.342. The van der Waals surface area contributed by atoms with Gasteiger partial charge in [-0.25, -0.2) is 0 Å². The van der Waals surface area contributed by atoms with E-state index in [0.717, 1.165) is 5.75 Å². The van der Waals surface area contributed by atoms with Crippen molar-refractivity contribution in [3.05, 3.63) is 11.7 Å². The Bertz CT molecular complexity index is 322. The SMILES string of the molecule is COCC(N)c1nc(CSC(C)(C)C)no1. The van der Waals surface area contributed by atoms with E-state index >= 15 is 0 Å². The van der Waals surface area contributed by atoms with Gasteiger partial charge in [0.1, 0.15) is 6.04 Å². The molecule has 0 aromatic carbocycles. The van der Waals surface area contributed by atoms with E-state index in [2.05, 4.69) is 30.9 Å². The molecule has 0 aliphatic heterocycles. The van der Waals surface area contributed by atoms with Crippen LogP contribution in [0.25, 0.3) is 0 Å². The fraction of sp³-hybridized carbons (Fsp3) is 0.800. The van der Waals surface area contributed by atoms with E-state index in [1.54, 1.807) is 18.9 Å². The van der Waals surface area contributed by atoms with Gasteiger partial charge in [0.05, 0.1) is 12.4 Å². The van der Waals surface area contributed by atoms with Crippen LogP contribution in [0, 0.1) is 0 Å². The second-order valence-electron chi connectivity index (χ2n) is 4.51. The molecular weight excluding hydrogens is 226 g/mol. The number of thioether (sulfide) groups is 1. The molecule has 1 rings (SSSR count). The van der Waals surface area contributed by atoms with Crippen LogP contribution >= 0.6 is 11.8 Å². The Morgan fingerprint density at radius 2 is 2.19 bits per heavy atom. The average molecular weight is 245 g/mol. The lowest BCUT2D eigenvalue weighted by molar-refractivity contribution is 0.166. The van der Waals surface area contributed by atoms with Crippen LogP contribution in [0.1, 0.15) is 38.5 Å². The van der Waals surface area contributed by atoms with E-state index in [0.29, 0.717) is 18.3 Å². The molecule has 0 saturated carbocycles. The maximum atomic E-state index is 5.77. The van der Waals surface area contributed by atoms with Crippen LogP contribution in [0.2, 0.25) is 0 Å². The molecule has 0 spiro atoms. The predicted octanol–water partition coefficient (Wildman–Crippen LogP) is 1.75. The molecule has 6 heteroatoms. The van der Waals surface area contributed by atoms with Crippen molar-refractivity contribution in [3.63, 3.8) is 0 Å². The largest absolute Gasteiger partial charge is 0.383 e. The molecule has 0 amide bonds. The van der Waals surface area contributed by atoms with E-state index in [-0.39, 0.29) is 10.8 Å². The lowest BCUT2D eigenvalue weighted by Gasteiger charge is -2.15. The van der Waals surface area contributed by atoms with Gasteiger partial charge < -0.3 is 15.0 Å². The van der Waals surface area contributed by atoms with E-state index in [9.17, 15) is 0 Å². The molecule has 0 bridgehead atoms. The minimum Gasteiger partial charge on any atom is -0.383 e. The number of methoxy groups -OCH3 is 1. The zero-order chi connectivity index (χ0) is 12.2. The summed E-state index contributed by atoms with van der Waals surface area (Å²) in [7, 11) is 1.59. The summed E-state index contributed by atoms with van der Waals surface area (Å²) in [6.45, 7) is 6.83. The Morgan fingerprint density at radius 3 is 2.75 bits per heavy atom. The molecule has 92 valence electrons. The second kappa shape index (κ2) is 5.65. The number of hydrogen-bond acceptors (Lipinski definition) is 6. The molecule has 1 heterocycles. The van der Waals surface area contributed by atoms with E-state index in [4.69, 9.17) is 15.0 Å². The van der Waals surface area contributed by atoms with Crippen LogP contribution in [0.15, 0.2) is 4.52 Å². The zero-order valence-corrected chi connectivity index (χ0v) is 11.0. The summed E-state index contributed by atoms with van der Waals surface area (Å²) >= 11 is 1.77. The van der Waals surface area contributed by atoms with Crippen molar-refractivity contribution in [1.29, 1.82) is 0 Å². The summed E-state index contributed by atoms with van der Waals surface area (Å²) in [5.41, 5.74) is 5.77. The average Bonchev–Trinajstić information content (AvgIpc) is 2.62. The van der Waals surface area contributed by atoms with Gasteiger partial charge in [0.15, 0.2) is 5.82 Å². The Morgan fingerprint density at radius 1 is 1.50 bits per heavy atom. The van der Waals surface area contributed by atoms with Gasteiger partial charge in [-0.15, -0.1) is 11.8 Å². The molecule has 5 nitrogen and oxygen atoms in total. The molecule has 1 aromatic heterocycles. The fourth-order valence-corrected chi connectivity index (χ4v) is 1.69. The van der Waals surface area contributed by atoms with Gasteiger partial charge in [-0.05, 0) is 0 Å². The van der Waals surface area contributed by atoms with Crippen molar-refractivity contribution in [2.45, 2.75) is 37.3 Å². The first-order chi connectivity index (χ1) is 7.42. The van der Waals surface area contributed by atoms with E-state index in [1.807, 2.05) is 0 Å². The number of ether oxygens (including phenoxy) is 1. The lowest BCUT2D eigenvalue weighted by atomic mass is 10.3. The monoisotopic (exact) mass is 245 g/mol. The Labute approximate surface area is 100 Å². The van der Waals surface area contributed by atoms with Crippen LogP contribution in [-0.2, 0) is 10.5 Å². The van der Waals surface area contributed by atoms with Gasteiger partial charge in [0.25, 0.3) is 0 Å². The number of rotatable bonds is 5. The smallest absolute Gasteiger partial charge is 0.245 e. The highest BCUT2D eigenvalue weighted by Crippen LogP contribution is 2.26. The van der Waals surface area contributed by atoms with E-state index in [1.165, 1.54) is 0 Å². The fourth-order valence-electron chi connectivity index (χ4n) is 1.01. The summed E-state index contributed by atoms with van der Waals surface area (Å²) in [5.74, 6) is 1.85. The van der Waals surface area contributed by atoms with Crippen LogP contribution in [0.5, 0.6) is 0 Å². The van der Waals surface area contributed by atoms with Crippen molar-refractivity contribution >= 4 is 11.8 Å². The normalized spacial score (nSPS) is 14.1. The third kappa shape index (κ3) is 4.51. The van der Waals surface area contributed by atoms with Crippen LogP contribution < -0.4 is 5.73 Å². The summed E-state index contributed by atoms with van der Waals surface area (Å²) in [6, 6.07) is -0.342. The Hall–Kier alpha value is -0.590. The van der Waals surface area contributed by atoms with Crippen molar-refractivity contribution in [2.75, 3.05) is 13.7 Å². The molecule has 2 N–H and O–H groups in total. The molecule has 0 aliphatic rings. The lowest BCUT2D eigenvalue weighted by Crippen LogP contribution is -2.16. The molecule has 1 unspecified atom stereocenters. The third-order valence-electron chi connectivity index (χ3n) is 1.78. The number of nitrogens with two attached hydrogens (primary N) is 1. The summed E-state index contributed by atoms with van der Waals surface area (Å²) in [6.07, 6.45) is 0. The first-order valence-electron chi connectivity index (χ1n) is 5.13. The molecule has 0 fully saturated rings. The second-order valence-corrected chi connectivity index (χ2v) is 6.31. The highest BCUT2D eigenvalue weighted by atomic mass is 32.2. The first-order valence-corrected chi connectivity index (χ1v) is 6.12. The maximum Gasteiger partial charge on any atom is 0.245 e. The molecule has 0 radical (unpaired) electrons. The van der Waals surface area contributed by atoms with Crippen LogP contribution in [0.4, 0.5) is 0 Å². The van der Waals surface area contributed by atoms with Crippen molar-refractivity contribution in [3.8, 4) is 0 Å². The van der Waals surface area contributed by atoms with Gasteiger partial charge in [0, 0.05) is 11.9 Å². The van der Waals surface area contributed by atoms with Gasteiger partial charge in [-0.2, -0.15) is 4.98 Å². The van der Waals surface area contributed by atoms with Gasteiger partial charge in [-0.3, -0.25) is 0 Å². The highest BCUT2D eigenvalue weighted by molar-refractivity contribution is 7.99. The summed E-state index contributed by atoms with van der Waals surface area (Å²) in [4.78, 5) is 4.23. The number of nitrogens with zero attached hydrogens (tertiary/aromatic N) is 2. The van der Waals surface area contributed by atoms with Crippen LogP contribution in [0.3, 0.4) is 0 Å². The predicted molar refractivity (Wildman–Crippen MR) is 64.2 cm³/mol. The van der Waals surface area contributed by atoms with Gasteiger partial charge in [-0.1, -0.05) is 25.9 Å². The topological polar surface area (TPSA) is 74.2 Å². The van der Waals surface area contributed by atoms with Crippen molar-refractivity contribution < 1.29 is 9.26 Å².